The number of nitrogens with zero attached hydrogens (tertiary/aromatic N) is 3. The lowest BCUT2D eigenvalue weighted by Crippen LogP contribution is -2.38. The van der Waals surface area contributed by atoms with Gasteiger partial charge in [0.2, 0.25) is 5.91 Å². The average molecular weight is 211 g/mol. The van der Waals surface area contributed by atoms with Gasteiger partial charge in [0.1, 0.15) is 0 Å². The van der Waals surface area contributed by atoms with E-state index in [1.165, 1.54) is 0 Å². The molecule has 6 nitrogen and oxygen atoms in total. The van der Waals surface area contributed by atoms with E-state index in [4.69, 9.17) is 0 Å². The first-order valence-corrected chi connectivity index (χ1v) is 5.01. The molecule has 15 heavy (non-hydrogen) atoms. The Bertz CT molecular complexity index is 319. The molecule has 0 aliphatic carbocycles. The highest BCUT2D eigenvalue weighted by molar-refractivity contribution is 5.81. The summed E-state index contributed by atoms with van der Waals surface area (Å²) in [4.78, 5) is 11.8. The van der Waals surface area contributed by atoms with Gasteiger partial charge in [0.15, 0.2) is 5.82 Å². The van der Waals surface area contributed by atoms with Crippen LogP contribution in [0, 0.1) is 5.41 Å². The molecule has 0 radical (unpaired) electrons. The predicted octanol–water partition coefficient (Wildman–Crippen LogP) is 0.813. The van der Waals surface area contributed by atoms with Crippen molar-refractivity contribution in [3.63, 3.8) is 0 Å². The van der Waals surface area contributed by atoms with Crippen molar-refractivity contribution in [1.82, 2.24) is 25.9 Å². The minimum atomic E-state index is -0.363. The summed E-state index contributed by atoms with van der Waals surface area (Å²) in [6, 6.07) is -0.220. The van der Waals surface area contributed by atoms with Crippen LogP contribution >= 0.6 is 0 Å². The minimum absolute atomic E-state index is 0.00213. The molecule has 0 spiro atoms. The Morgan fingerprint density at radius 1 is 1.60 bits per heavy atom. The Labute approximate surface area is 88.8 Å². The summed E-state index contributed by atoms with van der Waals surface area (Å²) in [5, 5.41) is 16.3. The van der Waals surface area contributed by atoms with Crippen LogP contribution in [0.3, 0.4) is 0 Å². The van der Waals surface area contributed by atoms with E-state index in [2.05, 4.69) is 25.9 Å². The molecule has 84 valence electrons. The molecule has 1 atom stereocenters. The van der Waals surface area contributed by atoms with Crippen LogP contribution in [-0.4, -0.2) is 26.5 Å². The maximum absolute atomic E-state index is 11.8. The molecule has 0 saturated carbocycles. The third-order valence-corrected chi connectivity index (χ3v) is 2.60. The Balaban J connectivity index is 2.60. The van der Waals surface area contributed by atoms with Crippen LogP contribution in [0.25, 0.3) is 0 Å². The van der Waals surface area contributed by atoms with Crippen molar-refractivity contribution < 1.29 is 4.79 Å². The van der Waals surface area contributed by atoms with E-state index in [1.807, 2.05) is 27.7 Å². The van der Waals surface area contributed by atoms with Gasteiger partial charge in [0, 0.05) is 5.41 Å². The van der Waals surface area contributed by atoms with Crippen LogP contribution in [0.5, 0.6) is 0 Å². The number of carbonyl (C=O) groups excluding carboxylic acids is 1. The summed E-state index contributed by atoms with van der Waals surface area (Å²) in [5.41, 5.74) is -0.363. The maximum Gasteiger partial charge on any atom is 0.226 e. The standard InChI is InChI=1S/C9H17N5O/c1-5-9(3,4)8(15)10-6(2)7-11-13-14-12-7/h6H,5H2,1-4H3,(H,10,15)(H,11,12,13,14). The Kier molecular flexibility index (Phi) is 3.39. The van der Waals surface area contributed by atoms with Crippen LogP contribution in [-0.2, 0) is 4.79 Å². The summed E-state index contributed by atoms with van der Waals surface area (Å²) < 4.78 is 0. The summed E-state index contributed by atoms with van der Waals surface area (Å²) >= 11 is 0. The molecule has 1 aromatic rings. The second-order valence-electron chi connectivity index (χ2n) is 4.20. The van der Waals surface area contributed by atoms with Gasteiger partial charge in [-0.1, -0.05) is 26.0 Å². The zero-order valence-corrected chi connectivity index (χ0v) is 9.53. The number of hydrogen-bond acceptors (Lipinski definition) is 4. The molecule has 2 N–H and O–H groups in total. The number of aromatic nitrogens is 4. The molecule has 0 aliphatic heterocycles. The predicted molar refractivity (Wildman–Crippen MR) is 54.8 cm³/mol. The number of amides is 1. The second kappa shape index (κ2) is 4.37. The van der Waals surface area contributed by atoms with Crippen molar-refractivity contribution in [2.24, 2.45) is 5.41 Å². The summed E-state index contributed by atoms with van der Waals surface area (Å²) in [6.45, 7) is 7.63. The normalized spacial score (nSPS) is 13.6. The molecular weight excluding hydrogens is 194 g/mol. The van der Waals surface area contributed by atoms with Gasteiger partial charge >= 0.3 is 0 Å². The fraction of sp³-hybridized carbons (Fsp3) is 0.778. The van der Waals surface area contributed by atoms with Crippen molar-refractivity contribution in [2.75, 3.05) is 0 Å². The highest BCUT2D eigenvalue weighted by Crippen LogP contribution is 2.20. The van der Waals surface area contributed by atoms with Gasteiger partial charge in [-0.2, -0.15) is 5.21 Å². The highest BCUT2D eigenvalue weighted by Gasteiger charge is 2.27. The van der Waals surface area contributed by atoms with E-state index in [1.54, 1.807) is 0 Å². The molecule has 1 aromatic heterocycles. The van der Waals surface area contributed by atoms with Crippen molar-refractivity contribution in [3.8, 4) is 0 Å². The number of tetrazole rings is 1. The Morgan fingerprint density at radius 2 is 2.27 bits per heavy atom. The molecule has 0 saturated heterocycles. The van der Waals surface area contributed by atoms with Crippen molar-refractivity contribution >= 4 is 5.91 Å². The number of rotatable bonds is 4. The lowest BCUT2D eigenvalue weighted by Gasteiger charge is -2.23. The lowest BCUT2D eigenvalue weighted by atomic mass is 9.89. The Hall–Kier alpha value is -1.46. The monoisotopic (exact) mass is 211 g/mol. The molecule has 1 heterocycles. The van der Waals surface area contributed by atoms with E-state index < -0.39 is 0 Å². The second-order valence-corrected chi connectivity index (χ2v) is 4.20. The largest absolute Gasteiger partial charge is 0.346 e. The molecule has 0 aromatic carbocycles. The lowest BCUT2D eigenvalue weighted by molar-refractivity contribution is -0.130. The summed E-state index contributed by atoms with van der Waals surface area (Å²) in [5.74, 6) is 0.498. The van der Waals surface area contributed by atoms with E-state index in [-0.39, 0.29) is 17.4 Å². The first-order chi connectivity index (χ1) is 6.97. The number of carbonyl (C=O) groups is 1. The quantitative estimate of drug-likeness (QED) is 0.772. The SMILES string of the molecule is CCC(C)(C)C(=O)NC(C)c1nn[nH]n1. The molecule has 0 aliphatic rings. The molecule has 1 unspecified atom stereocenters. The van der Waals surface area contributed by atoms with E-state index in [0.29, 0.717) is 5.82 Å². The smallest absolute Gasteiger partial charge is 0.226 e. The molecule has 1 rings (SSSR count). The molecule has 0 fully saturated rings. The average Bonchev–Trinajstić information content (AvgIpc) is 2.70. The fourth-order valence-corrected chi connectivity index (χ4v) is 0.970. The fourth-order valence-electron chi connectivity index (χ4n) is 0.970. The van der Waals surface area contributed by atoms with Crippen LogP contribution < -0.4 is 5.32 Å². The molecule has 0 bridgehead atoms. The Morgan fingerprint density at radius 3 is 2.73 bits per heavy atom. The molecule has 6 heteroatoms. The maximum atomic E-state index is 11.8. The molecular formula is C9H17N5O. The van der Waals surface area contributed by atoms with E-state index in [9.17, 15) is 4.79 Å². The summed E-state index contributed by atoms with van der Waals surface area (Å²) in [7, 11) is 0. The topological polar surface area (TPSA) is 83.6 Å². The van der Waals surface area contributed by atoms with Crippen molar-refractivity contribution in [2.45, 2.75) is 40.2 Å². The van der Waals surface area contributed by atoms with Gasteiger partial charge in [-0.15, -0.1) is 10.2 Å². The zero-order valence-electron chi connectivity index (χ0n) is 9.53. The van der Waals surface area contributed by atoms with Gasteiger partial charge in [0.05, 0.1) is 6.04 Å². The van der Waals surface area contributed by atoms with Crippen LogP contribution in [0.4, 0.5) is 0 Å². The van der Waals surface area contributed by atoms with Crippen molar-refractivity contribution in [3.05, 3.63) is 5.82 Å². The van der Waals surface area contributed by atoms with Crippen molar-refractivity contribution in [1.29, 1.82) is 0 Å². The van der Waals surface area contributed by atoms with Crippen LogP contribution in [0.15, 0.2) is 0 Å². The first-order valence-electron chi connectivity index (χ1n) is 5.01. The molecule has 1 amide bonds. The van der Waals surface area contributed by atoms with Crippen LogP contribution in [0.1, 0.15) is 46.0 Å². The van der Waals surface area contributed by atoms with Gasteiger partial charge in [-0.05, 0) is 13.3 Å². The number of hydrogen-bond donors (Lipinski definition) is 2. The van der Waals surface area contributed by atoms with E-state index >= 15 is 0 Å². The zero-order chi connectivity index (χ0) is 11.5. The minimum Gasteiger partial charge on any atom is -0.346 e. The summed E-state index contributed by atoms with van der Waals surface area (Å²) in [6.07, 6.45) is 0.789. The van der Waals surface area contributed by atoms with Gasteiger partial charge in [-0.25, -0.2) is 0 Å². The third kappa shape index (κ3) is 2.74. The van der Waals surface area contributed by atoms with Crippen LogP contribution in [0.2, 0.25) is 0 Å². The number of aromatic amines is 1. The van der Waals surface area contributed by atoms with Gasteiger partial charge in [-0.3, -0.25) is 4.79 Å². The van der Waals surface area contributed by atoms with Gasteiger partial charge < -0.3 is 5.32 Å². The number of nitrogens with one attached hydrogen (secondary N) is 2. The highest BCUT2D eigenvalue weighted by atomic mass is 16.2. The third-order valence-electron chi connectivity index (χ3n) is 2.60. The van der Waals surface area contributed by atoms with E-state index in [0.717, 1.165) is 6.42 Å². The number of H-pyrrole nitrogens is 1. The van der Waals surface area contributed by atoms with Gasteiger partial charge in [0.25, 0.3) is 0 Å². The first kappa shape index (κ1) is 11.6.